The summed E-state index contributed by atoms with van der Waals surface area (Å²) in [6.45, 7) is 2.24. The number of phenolic OH excluding ortho intramolecular Hbond substituents is 1. The first-order valence-corrected chi connectivity index (χ1v) is 6.36. The number of hydrogen-bond acceptors (Lipinski definition) is 3. The molecule has 19 heavy (non-hydrogen) atoms. The summed E-state index contributed by atoms with van der Waals surface area (Å²) in [6, 6.07) is 12.6. The van der Waals surface area contributed by atoms with E-state index in [1.165, 1.54) is 5.56 Å². The largest absolute Gasteiger partial charge is 0.508 e. The van der Waals surface area contributed by atoms with Gasteiger partial charge < -0.3 is 14.9 Å². The summed E-state index contributed by atoms with van der Waals surface area (Å²) >= 11 is 0. The fourth-order valence-electron chi connectivity index (χ4n) is 1.96. The van der Waals surface area contributed by atoms with Crippen LogP contribution in [-0.2, 0) is 6.42 Å². The third kappa shape index (κ3) is 3.73. The van der Waals surface area contributed by atoms with Crippen LogP contribution in [0.15, 0.2) is 42.5 Å². The van der Waals surface area contributed by atoms with Gasteiger partial charge in [-0.2, -0.15) is 0 Å². The zero-order valence-electron chi connectivity index (χ0n) is 11.0. The number of hydrogen-bond donors (Lipinski definition) is 2. The van der Waals surface area contributed by atoms with E-state index >= 15 is 0 Å². The topological polar surface area (TPSA) is 49.7 Å². The quantitative estimate of drug-likeness (QED) is 0.864. The van der Waals surface area contributed by atoms with E-state index in [0.717, 1.165) is 24.2 Å². The maximum absolute atomic E-state index is 9.38. The average molecular weight is 258 g/mol. The Balaban J connectivity index is 2.11. The van der Waals surface area contributed by atoms with Crippen LogP contribution in [0.1, 0.15) is 17.5 Å². The second-order valence-corrected chi connectivity index (χ2v) is 4.51. The van der Waals surface area contributed by atoms with Crippen LogP contribution in [-0.4, -0.2) is 16.8 Å². The lowest BCUT2D eigenvalue weighted by Gasteiger charge is -2.10. The molecule has 0 amide bonds. The van der Waals surface area contributed by atoms with Crippen LogP contribution in [0.25, 0.3) is 0 Å². The van der Waals surface area contributed by atoms with E-state index in [0.29, 0.717) is 5.75 Å². The van der Waals surface area contributed by atoms with Gasteiger partial charge in [-0.05, 0) is 55.2 Å². The number of aliphatic hydroxyl groups is 1. The van der Waals surface area contributed by atoms with Gasteiger partial charge in [-0.15, -0.1) is 0 Å². The molecule has 3 nitrogen and oxygen atoms in total. The van der Waals surface area contributed by atoms with E-state index in [1.54, 1.807) is 24.3 Å². The highest BCUT2D eigenvalue weighted by atomic mass is 16.5. The lowest BCUT2D eigenvalue weighted by atomic mass is 10.0. The minimum atomic E-state index is 0.189. The monoisotopic (exact) mass is 258 g/mol. The van der Waals surface area contributed by atoms with Gasteiger partial charge in [-0.1, -0.05) is 12.1 Å². The van der Waals surface area contributed by atoms with Gasteiger partial charge in [0.15, 0.2) is 0 Å². The molecule has 0 bridgehead atoms. The van der Waals surface area contributed by atoms with Crippen molar-refractivity contribution in [1.29, 1.82) is 0 Å². The van der Waals surface area contributed by atoms with Crippen molar-refractivity contribution >= 4 is 0 Å². The summed E-state index contributed by atoms with van der Waals surface area (Å²) in [5.41, 5.74) is 2.36. The predicted molar refractivity (Wildman–Crippen MR) is 74.8 cm³/mol. The van der Waals surface area contributed by atoms with Crippen molar-refractivity contribution in [1.82, 2.24) is 0 Å². The SMILES string of the molecule is Cc1cc(Oc2cccc(O)c2)ccc1CCCO. The molecule has 0 aliphatic rings. The number of aliphatic hydroxyl groups excluding tert-OH is 1. The maximum Gasteiger partial charge on any atom is 0.131 e. The highest BCUT2D eigenvalue weighted by Crippen LogP contribution is 2.26. The van der Waals surface area contributed by atoms with E-state index in [1.807, 2.05) is 25.1 Å². The van der Waals surface area contributed by atoms with Gasteiger partial charge in [-0.25, -0.2) is 0 Å². The van der Waals surface area contributed by atoms with Crippen molar-refractivity contribution in [3.63, 3.8) is 0 Å². The van der Waals surface area contributed by atoms with E-state index < -0.39 is 0 Å². The molecule has 2 rings (SSSR count). The molecule has 0 aromatic heterocycles. The maximum atomic E-state index is 9.38. The Kier molecular flexibility index (Phi) is 4.42. The molecule has 0 radical (unpaired) electrons. The molecule has 0 spiro atoms. The zero-order valence-corrected chi connectivity index (χ0v) is 11.0. The van der Waals surface area contributed by atoms with Crippen molar-refractivity contribution in [2.24, 2.45) is 0 Å². The highest BCUT2D eigenvalue weighted by molar-refractivity contribution is 5.39. The predicted octanol–water partition coefficient (Wildman–Crippen LogP) is 3.42. The summed E-state index contributed by atoms with van der Waals surface area (Å²) in [6.07, 6.45) is 1.64. The lowest BCUT2D eigenvalue weighted by Crippen LogP contribution is -1.93. The van der Waals surface area contributed by atoms with Gasteiger partial charge >= 0.3 is 0 Å². The Morgan fingerprint density at radius 2 is 1.84 bits per heavy atom. The first-order chi connectivity index (χ1) is 9.19. The van der Waals surface area contributed by atoms with E-state index in [-0.39, 0.29) is 12.4 Å². The Morgan fingerprint density at radius 3 is 2.53 bits per heavy atom. The fourth-order valence-corrected chi connectivity index (χ4v) is 1.96. The van der Waals surface area contributed by atoms with E-state index in [4.69, 9.17) is 9.84 Å². The minimum absolute atomic E-state index is 0.189. The van der Waals surface area contributed by atoms with Crippen LogP contribution >= 0.6 is 0 Å². The summed E-state index contributed by atoms with van der Waals surface area (Å²) in [7, 11) is 0. The number of aromatic hydroxyl groups is 1. The summed E-state index contributed by atoms with van der Waals surface area (Å²) in [4.78, 5) is 0. The Morgan fingerprint density at radius 1 is 1.05 bits per heavy atom. The molecule has 0 aliphatic carbocycles. The van der Waals surface area contributed by atoms with Crippen molar-refractivity contribution in [3.8, 4) is 17.2 Å². The number of aryl methyl sites for hydroxylation is 2. The molecule has 0 atom stereocenters. The van der Waals surface area contributed by atoms with Crippen LogP contribution in [0.2, 0.25) is 0 Å². The van der Waals surface area contributed by atoms with Crippen molar-refractivity contribution < 1.29 is 14.9 Å². The van der Waals surface area contributed by atoms with Crippen LogP contribution in [0.5, 0.6) is 17.2 Å². The molecule has 2 aromatic carbocycles. The Labute approximate surface area is 113 Å². The zero-order chi connectivity index (χ0) is 13.7. The van der Waals surface area contributed by atoms with Gasteiger partial charge in [0.2, 0.25) is 0 Å². The third-order valence-electron chi connectivity index (χ3n) is 2.97. The molecule has 0 saturated carbocycles. The Bertz CT molecular complexity index is 549. The first-order valence-electron chi connectivity index (χ1n) is 6.36. The summed E-state index contributed by atoms with van der Waals surface area (Å²) in [5.74, 6) is 1.55. The van der Waals surface area contributed by atoms with Crippen LogP contribution < -0.4 is 4.74 Å². The average Bonchev–Trinajstić information content (AvgIpc) is 2.38. The number of benzene rings is 2. The van der Waals surface area contributed by atoms with Crippen molar-refractivity contribution in [2.75, 3.05) is 6.61 Å². The summed E-state index contributed by atoms with van der Waals surface area (Å²) < 4.78 is 5.69. The van der Waals surface area contributed by atoms with Crippen LogP contribution in [0, 0.1) is 6.92 Å². The molecular weight excluding hydrogens is 240 g/mol. The molecule has 0 aliphatic heterocycles. The first kappa shape index (κ1) is 13.4. The molecule has 3 heteroatoms. The van der Waals surface area contributed by atoms with Gasteiger partial charge in [-0.3, -0.25) is 0 Å². The molecule has 2 N–H and O–H groups in total. The number of phenols is 1. The summed E-state index contributed by atoms with van der Waals surface area (Å²) in [5, 5.41) is 18.2. The Hall–Kier alpha value is -2.00. The van der Waals surface area contributed by atoms with Crippen LogP contribution in [0.3, 0.4) is 0 Å². The molecule has 0 saturated heterocycles. The fraction of sp³-hybridized carbons (Fsp3) is 0.250. The standard InChI is InChI=1S/C16H18O3/c1-12-10-16(8-7-13(12)4-3-9-17)19-15-6-2-5-14(18)11-15/h2,5-8,10-11,17-18H,3-4,9H2,1H3. The van der Waals surface area contributed by atoms with Gasteiger partial charge in [0, 0.05) is 12.7 Å². The smallest absolute Gasteiger partial charge is 0.131 e. The molecule has 0 fully saturated rings. The molecule has 2 aromatic rings. The molecular formula is C16H18O3. The second-order valence-electron chi connectivity index (χ2n) is 4.51. The minimum Gasteiger partial charge on any atom is -0.508 e. The number of rotatable bonds is 5. The number of ether oxygens (including phenoxy) is 1. The van der Waals surface area contributed by atoms with E-state index in [2.05, 4.69) is 0 Å². The van der Waals surface area contributed by atoms with Gasteiger partial charge in [0.05, 0.1) is 0 Å². The highest BCUT2D eigenvalue weighted by Gasteiger charge is 2.03. The lowest BCUT2D eigenvalue weighted by molar-refractivity contribution is 0.288. The van der Waals surface area contributed by atoms with Gasteiger partial charge in [0.1, 0.15) is 17.2 Å². The molecule has 100 valence electrons. The van der Waals surface area contributed by atoms with Crippen LogP contribution in [0.4, 0.5) is 0 Å². The normalized spacial score (nSPS) is 10.4. The molecule has 0 unspecified atom stereocenters. The van der Waals surface area contributed by atoms with E-state index in [9.17, 15) is 5.11 Å². The molecule has 0 heterocycles. The van der Waals surface area contributed by atoms with Crippen molar-refractivity contribution in [3.05, 3.63) is 53.6 Å². The third-order valence-corrected chi connectivity index (χ3v) is 2.97. The van der Waals surface area contributed by atoms with Gasteiger partial charge in [0.25, 0.3) is 0 Å². The second kappa shape index (κ2) is 6.25. The van der Waals surface area contributed by atoms with Crippen molar-refractivity contribution in [2.45, 2.75) is 19.8 Å².